The number of nitrogens with one attached hydrogen (secondary N) is 2. The molecule has 5 aromatic rings. The Balaban J connectivity index is 1.16. The molecule has 1 heterocycles. The van der Waals surface area contributed by atoms with Gasteiger partial charge in [0, 0.05) is 27.2 Å². The van der Waals surface area contributed by atoms with Crippen LogP contribution in [0.4, 0.5) is 15.2 Å². The maximum atomic E-state index is 13.1. The van der Waals surface area contributed by atoms with E-state index in [-0.39, 0.29) is 11.7 Å². The topological polar surface area (TPSA) is 75.6 Å². The van der Waals surface area contributed by atoms with Gasteiger partial charge in [-0.3, -0.25) is 4.79 Å². The highest BCUT2D eigenvalue weighted by Gasteiger charge is 2.11. The Hall–Kier alpha value is -3.07. The summed E-state index contributed by atoms with van der Waals surface area (Å²) in [6.45, 7) is 0.332. The molecule has 0 atom stereocenters. The summed E-state index contributed by atoms with van der Waals surface area (Å²) in [6.07, 6.45) is 1.59. The molecule has 1 aromatic heterocycles. The van der Waals surface area contributed by atoms with Gasteiger partial charge in [0.25, 0.3) is 5.91 Å². The summed E-state index contributed by atoms with van der Waals surface area (Å²) in [4.78, 5) is 17.3. The predicted octanol–water partition coefficient (Wildman–Crippen LogP) is 8.90. The molecule has 2 N–H and O–H groups in total. The van der Waals surface area contributed by atoms with Gasteiger partial charge < -0.3 is 10.1 Å². The number of anilines is 2. The van der Waals surface area contributed by atoms with Crippen molar-refractivity contribution in [3.05, 3.63) is 125 Å². The van der Waals surface area contributed by atoms with E-state index in [0.717, 1.165) is 46.1 Å². The van der Waals surface area contributed by atoms with Crippen LogP contribution in [0.1, 0.15) is 21.5 Å². The summed E-state index contributed by atoms with van der Waals surface area (Å²) in [5.74, 6) is 0.142. The predicted molar refractivity (Wildman–Crippen MR) is 180 cm³/mol. The highest BCUT2D eigenvalue weighted by Crippen LogP contribution is 2.30. The largest absolute Gasteiger partial charge is 0.487 e. The smallest absolute Gasteiger partial charge is 0.271 e. The number of hydrazone groups is 1. The average molecular weight is 809 g/mol. The van der Waals surface area contributed by atoms with Crippen molar-refractivity contribution in [2.45, 2.75) is 6.61 Å². The lowest BCUT2D eigenvalue weighted by atomic mass is 10.1. The Kier molecular flexibility index (Phi) is 9.85. The maximum absolute atomic E-state index is 13.1. The van der Waals surface area contributed by atoms with Gasteiger partial charge in [0.1, 0.15) is 18.2 Å². The van der Waals surface area contributed by atoms with Crippen molar-refractivity contribution in [3.8, 4) is 17.0 Å². The van der Waals surface area contributed by atoms with E-state index in [1.54, 1.807) is 30.5 Å². The molecule has 0 aliphatic heterocycles. The van der Waals surface area contributed by atoms with Gasteiger partial charge in [-0.15, -0.1) is 11.3 Å². The van der Waals surface area contributed by atoms with Gasteiger partial charge in [-0.1, -0.05) is 35.9 Å². The van der Waals surface area contributed by atoms with Gasteiger partial charge in [-0.05, 0) is 117 Å². The van der Waals surface area contributed by atoms with Gasteiger partial charge in [0.2, 0.25) is 0 Å². The summed E-state index contributed by atoms with van der Waals surface area (Å²) in [5, 5.41) is 10.8. The Morgan fingerprint density at radius 1 is 1.00 bits per heavy atom. The number of hydrogen-bond acceptors (Lipinski definition) is 6. The normalized spacial score (nSPS) is 11.0. The number of nitrogens with zero attached hydrogens (tertiary/aromatic N) is 2. The van der Waals surface area contributed by atoms with Gasteiger partial charge in [-0.25, -0.2) is 14.8 Å². The molecule has 0 aliphatic rings. The number of hydrogen-bond donors (Lipinski definition) is 2. The molecule has 6 nitrogen and oxygen atoms in total. The maximum Gasteiger partial charge on any atom is 0.271 e. The van der Waals surface area contributed by atoms with Crippen LogP contribution < -0.4 is 15.5 Å². The molecular weight excluding hydrogens is 789 g/mol. The minimum Gasteiger partial charge on any atom is -0.487 e. The van der Waals surface area contributed by atoms with E-state index in [0.29, 0.717) is 17.2 Å². The van der Waals surface area contributed by atoms with E-state index >= 15 is 0 Å². The number of benzene rings is 4. The zero-order valence-corrected chi connectivity index (χ0v) is 27.0. The van der Waals surface area contributed by atoms with Crippen LogP contribution in [0.2, 0.25) is 5.02 Å². The van der Waals surface area contributed by atoms with Gasteiger partial charge in [0.05, 0.1) is 19.0 Å². The molecule has 0 spiro atoms. The van der Waals surface area contributed by atoms with Crippen LogP contribution in [0.15, 0.2) is 95.4 Å². The molecule has 0 saturated carbocycles. The van der Waals surface area contributed by atoms with Gasteiger partial charge >= 0.3 is 0 Å². The first-order valence-corrected chi connectivity index (χ1v) is 15.5. The first kappa shape index (κ1) is 29.4. The summed E-state index contributed by atoms with van der Waals surface area (Å²) in [6, 6.07) is 24.7. The molecule has 0 radical (unpaired) electrons. The van der Waals surface area contributed by atoms with Crippen LogP contribution in [0.25, 0.3) is 11.3 Å². The number of amides is 1. The standard InChI is InChI=1S/C30H20ClFI2N4O2S/c31-22-7-11-24(12-8-22)36-30-37-27(17-41-30)20-3-5-21(6-4-20)29(39)38-35-15-19-13-25(33)28(26(34)14-19)40-16-18-1-9-23(32)10-2-18/h1-15,17H,16H2,(H,36,37)(H,38,39)/b35-15-. The van der Waals surface area contributed by atoms with Gasteiger partial charge in [0.15, 0.2) is 5.13 Å². The second-order valence-corrected chi connectivity index (χ2v) is 12.3. The Labute approximate surface area is 272 Å². The zero-order chi connectivity index (χ0) is 28.8. The second kappa shape index (κ2) is 13.7. The van der Waals surface area contributed by atoms with Crippen molar-refractivity contribution < 1.29 is 13.9 Å². The number of rotatable bonds is 9. The Morgan fingerprint density at radius 2 is 1.68 bits per heavy atom. The quantitative estimate of drug-likeness (QED) is 0.0887. The fourth-order valence-corrected chi connectivity index (χ4v) is 6.66. The fourth-order valence-electron chi connectivity index (χ4n) is 3.67. The van der Waals surface area contributed by atoms with Crippen LogP contribution in [0.5, 0.6) is 5.75 Å². The SMILES string of the molecule is O=C(N/N=C\c1cc(I)c(OCc2ccc(F)cc2)c(I)c1)c1ccc(-c2csc(Nc3ccc(Cl)cc3)n2)cc1. The van der Waals surface area contributed by atoms with Crippen molar-refractivity contribution in [1.82, 2.24) is 10.4 Å². The molecule has 5 rings (SSSR count). The van der Waals surface area contributed by atoms with E-state index in [2.05, 4.69) is 66.0 Å². The Bertz CT molecular complexity index is 1670. The second-order valence-electron chi connectivity index (χ2n) is 8.68. The molecule has 0 fully saturated rings. The third-order valence-electron chi connectivity index (χ3n) is 5.74. The van der Waals surface area contributed by atoms with Gasteiger partial charge in [-0.2, -0.15) is 5.10 Å². The number of thiazole rings is 1. The van der Waals surface area contributed by atoms with Crippen molar-refractivity contribution in [3.63, 3.8) is 0 Å². The molecular formula is C30H20ClFI2N4O2S. The molecule has 0 bridgehead atoms. The minimum absolute atomic E-state index is 0.278. The zero-order valence-electron chi connectivity index (χ0n) is 21.1. The number of carbonyl (C=O) groups excluding carboxylic acids is 1. The van der Waals surface area contributed by atoms with Crippen LogP contribution in [-0.2, 0) is 6.61 Å². The monoisotopic (exact) mass is 808 g/mol. The first-order valence-electron chi connectivity index (χ1n) is 12.1. The van der Waals surface area contributed by atoms with E-state index in [1.165, 1.54) is 23.5 Å². The lowest BCUT2D eigenvalue weighted by Gasteiger charge is -2.11. The Morgan fingerprint density at radius 3 is 2.37 bits per heavy atom. The van der Waals surface area contributed by atoms with E-state index in [4.69, 9.17) is 16.3 Å². The molecule has 206 valence electrons. The molecule has 0 saturated heterocycles. The number of aromatic nitrogens is 1. The number of carbonyl (C=O) groups is 1. The molecule has 0 aliphatic carbocycles. The van der Waals surface area contributed by atoms with Crippen molar-refractivity contribution in [1.29, 1.82) is 0 Å². The minimum atomic E-state index is -0.320. The number of halogens is 4. The van der Waals surface area contributed by atoms with E-state index < -0.39 is 0 Å². The van der Waals surface area contributed by atoms with E-state index in [1.807, 2.05) is 53.9 Å². The first-order chi connectivity index (χ1) is 19.8. The van der Waals surface area contributed by atoms with Crippen LogP contribution in [-0.4, -0.2) is 17.1 Å². The third-order valence-corrected chi connectivity index (χ3v) is 8.35. The molecule has 41 heavy (non-hydrogen) atoms. The third kappa shape index (κ3) is 8.03. The van der Waals surface area contributed by atoms with Crippen molar-refractivity contribution in [2.24, 2.45) is 5.10 Å². The fraction of sp³-hybridized carbons (Fsp3) is 0.0333. The molecule has 4 aromatic carbocycles. The lowest BCUT2D eigenvalue weighted by Crippen LogP contribution is -2.17. The van der Waals surface area contributed by atoms with Crippen LogP contribution >= 0.6 is 68.1 Å². The van der Waals surface area contributed by atoms with Crippen LogP contribution in [0, 0.1) is 13.0 Å². The summed E-state index contributed by atoms with van der Waals surface area (Å²) in [5.41, 5.74) is 7.36. The molecule has 11 heteroatoms. The highest BCUT2D eigenvalue weighted by molar-refractivity contribution is 14.1. The molecule has 1 amide bonds. The average Bonchev–Trinajstić information content (AvgIpc) is 3.43. The summed E-state index contributed by atoms with van der Waals surface area (Å²) in [7, 11) is 0. The summed E-state index contributed by atoms with van der Waals surface area (Å²) < 4.78 is 20.9. The summed E-state index contributed by atoms with van der Waals surface area (Å²) >= 11 is 11.8. The van der Waals surface area contributed by atoms with Crippen molar-refractivity contribution >= 4 is 91.1 Å². The lowest BCUT2D eigenvalue weighted by molar-refractivity contribution is 0.0955. The van der Waals surface area contributed by atoms with E-state index in [9.17, 15) is 9.18 Å². The molecule has 0 unspecified atom stereocenters. The van der Waals surface area contributed by atoms with Crippen LogP contribution in [0.3, 0.4) is 0 Å². The number of ether oxygens (including phenoxy) is 1. The highest BCUT2D eigenvalue weighted by atomic mass is 127. The van der Waals surface area contributed by atoms with Crippen molar-refractivity contribution in [2.75, 3.05) is 5.32 Å².